The number of nitrogens with zero attached hydrogens (tertiary/aromatic N) is 2. The van der Waals surface area contributed by atoms with Gasteiger partial charge in [0.25, 0.3) is 0 Å². The van der Waals surface area contributed by atoms with Crippen molar-refractivity contribution in [2.45, 2.75) is 38.7 Å². The predicted molar refractivity (Wildman–Crippen MR) is 75.5 cm³/mol. The number of aromatic nitrogens is 2. The van der Waals surface area contributed by atoms with Crippen molar-refractivity contribution in [3.05, 3.63) is 16.4 Å². The highest BCUT2D eigenvalue weighted by Crippen LogP contribution is 2.19. The zero-order valence-electron chi connectivity index (χ0n) is 11.2. The molecule has 1 unspecified atom stereocenters. The van der Waals surface area contributed by atoms with Gasteiger partial charge in [-0.2, -0.15) is 5.10 Å². The molecule has 18 heavy (non-hydrogen) atoms. The van der Waals surface area contributed by atoms with Crippen molar-refractivity contribution >= 4 is 23.2 Å². The van der Waals surface area contributed by atoms with Gasteiger partial charge >= 0.3 is 0 Å². The Balaban J connectivity index is 2.39. The molecule has 1 heterocycles. The second kappa shape index (κ2) is 8.00. The minimum absolute atomic E-state index is 0.0517. The van der Waals surface area contributed by atoms with Gasteiger partial charge in [0.05, 0.1) is 28.4 Å². The molecule has 0 saturated heterocycles. The average molecular weight is 294 g/mol. The van der Waals surface area contributed by atoms with Crippen LogP contribution < -0.4 is 5.32 Å². The molecule has 6 heteroatoms. The topological polar surface area (TPSA) is 39.1 Å². The average Bonchev–Trinajstić information content (AvgIpc) is 2.62. The highest BCUT2D eigenvalue weighted by molar-refractivity contribution is 6.31. The fraction of sp³-hybridized carbons (Fsp3) is 0.750. The van der Waals surface area contributed by atoms with Gasteiger partial charge in [-0.25, -0.2) is 0 Å². The van der Waals surface area contributed by atoms with Gasteiger partial charge in [-0.1, -0.05) is 11.6 Å². The summed E-state index contributed by atoms with van der Waals surface area (Å²) in [6.45, 7) is 6.93. The Labute approximate surface area is 119 Å². The molecule has 0 radical (unpaired) electrons. The third-order valence-corrected chi connectivity index (χ3v) is 3.56. The summed E-state index contributed by atoms with van der Waals surface area (Å²) in [7, 11) is 1.66. The van der Waals surface area contributed by atoms with Gasteiger partial charge in [-0.05, 0) is 26.8 Å². The number of rotatable bonds is 8. The molecular weight excluding hydrogens is 273 g/mol. The van der Waals surface area contributed by atoms with Crippen molar-refractivity contribution in [2.75, 3.05) is 20.3 Å². The predicted octanol–water partition coefficient (Wildman–Crippen LogP) is 2.60. The molecule has 1 rings (SSSR count). The molecule has 0 aromatic carbocycles. The second-order valence-corrected chi connectivity index (χ2v) is 5.18. The SMILES string of the molecule is CCn1nc(C)c(Cl)c1CNCCC(Cl)COC. The molecule has 1 aromatic rings. The number of ether oxygens (including phenoxy) is 1. The van der Waals surface area contributed by atoms with Gasteiger partial charge in [0.1, 0.15) is 0 Å². The molecular formula is C12H21Cl2N3O. The summed E-state index contributed by atoms with van der Waals surface area (Å²) in [4.78, 5) is 0. The lowest BCUT2D eigenvalue weighted by atomic mass is 10.3. The van der Waals surface area contributed by atoms with Crippen LogP contribution >= 0.6 is 23.2 Å². The van der Waals surface area contributed by atoms with E-state index in [1.54, 1.807) is 7.11 Å². The zero-order chi connectivity index (χ0) is 13.5. The number of aryl methyl sites for hydroxylation is 2. The lowest BCUT2D eigenvalue weighted by Gasteiger charge is -2.10. The Morgan fingerprint density at radius 2 is 2.22 bits per heavy atom. The minimum Gasteiger partial charge on any atom is -0.383 e. The van der Waals surface area contributed by atoms with Crippen molar-refractivity contribution in [3.63, 3.8) is 0 Å². The first kappa shape index (κ1) is 15.8. The lowest BCUT2D eigenvalue weighted by molar-refractivity contribution is 0.195. The van der Waals surface area contributed by atoms with Crippen molar-refractivity contribution < 1.29 is 4.74 Å². The fourth-order valence-electron chi connectivity index (χ4n) is 1.77. The first-order valence-electron chi connectivity index (χ1n) is 6.15. The summed E-state index contributed by atoms with van der Waals surface area (Å²) in [5.74, 6) is 0. The van der Waals surface area contributed by atoms with Crippen molar-refractivity contribution in [3.8, 4) is 0 Å². The van der Waals surface area contributed by atoms with E-state index in [0.717, 1.165) is 35.9 Å². The van der Waals surface area contributed by atoms with Gasteiger partial charge in [-0.15, -0.1) is 11.6 Å². The number of methoxy groups -OCH3 is 1. The smallest absolute Gasteiger partial charge is 0.0860 e. The molecule has 1 atom stereocenters. The Morgan fingerprint density at radius 1 is 1.50 bits per heavy atom. The maximum absolute atomic E-state index is 6.21. The molecule has 0 bridgehead atoms. The number of alkyl halides is 1. The first-order valence-corrected chi connectivity index (χ1v) is 6.97. The third-order valence-electron chi connectivity index (χ3n) is 2.73. The summed E-state index contributed by atoms with van der Waals surface area (Å²) in [5, 5.41) is 8.51. The monoisotopic (exact) mass is 293 g/mol. The molecule has 0 amide bonds. The van der Waals surface area contributed by atoms with Crippen LogP contribution in [-0.4, -0.2) is 35.4 Å². The number of hydrogen-bond donors (Lipinski definition) is 1. The third kappa shape index (κ3) is 4.43. The number of halogens is 2. The Morgan fingerprint density at radius 3 is 2.83 bits per heavy atom. The highest BCUT2D eigenvalue weighted by atomic mass is 35.5. The molecule has 0 aliphatic heterocycles. The highest BCUT2D eigenvalue weighted by Gasteiger charge is 2.12. The normalized spacial score (nSPS) is 12.9. The van der Waals surface area contributed by atoms with E-state index < -0.39 is 0 Å². The maximum atomic E-state index is 6.21. The van der Waals surface area contributed by atoms with Crippen molar-refractivity contribution in [1.82, 2.24) is 15.1 Å². The van der Waals surface area contributed by atoms with E-state index in [2.05, 4.69) is 17.3 Å². The molecule has 1 N–H and O–H groups in total. The van der Waals surface area contributed by atoms with Crippen molar-refractivity contribution in [2.24, 2.45) is 0 Å². The van der Waals surface area contributed by atoms with Crippen LogP contribution in [0.1, 0.15) is 24.7 Å². The molecule has 104 valence electrons. The van der Waals surface area contributed by atoms with E-state index in [9.17, 15) is 0 Å². The van der Waals surface area contributed by atoms with E-state index >= 15 is 0 Å². The van der Waals surface area contributed by atoms with Crippen LogP contribution in [0.4, 0.5) is 0 Å². The van der Waals surface area contributed by atoms with E-state index in [4.69, 9.17) is 27.9 Å². The molecule has 0 aliphatic carbocycles. The Bertz CT molecular complexity index is 368. The van der Waals surface area contributed by atoms with Crippen LogP contribution in [0.15, 0.2) is 0 Å². The molecule has 0 aliphatic rings. The quantitative estimate of drug-likeness (QED) is 0.591. The van der Waals surface area contributed by atoms with Gasteiger partial charge in [0.15, 0.2) is 0 Å². The molecule has 0 spiro atoms. The van der Waals surface area contributed by atoms with Gasteiger partial charge in [0, 0.05) is 20.2 Å². The van der Waals surface area contributed by atoms with Crippen molar-refractivity contribution in [1.29, 1.82) is 0 Å². The van der Waals surface area contributed by atoms with Crippen LogP contribution in [0.25, 0.3) is 0 Å². The number of nitrogens with one attached hydrogen (secondary N) is 1. The lowest BCUT2D eigenvalue weighted by Crippen LogP contribution is -2.21. The first-order chi connectivity index (χ1) is 8.60. The molecule has 0 saturated carbocycles. The van der Waals surface area contributed by atoms with Crippen LogP contribution in [0.3, 0.4) is 0 Å². The summed E-state index contributed by atoms with van der Waals surface area (Å²) in [6.07, 6.45) is 0.867. The summed E-state index contributed by atoms with van der Waals surface area (Å²) < 4.78 is 6.91. The van der Waals surface area contributed by atoms with Crippen LogP contribution in [0.2, 0.25) is 5.02 Å². The van der Waals surface area contributed by atoms with E-state index in [-0.39, 0.29) is 5.38 Å². The van der Waals surface area contributed by atoms with Gasteiger partial charge < -0.3 is 10.1 Å². The van der Waals surface area contributed by atoms with E-state index in [1.807, 2.05) is 11.6 Å². The Hall–Kier alpha value is -0.290. The Kier molecular flexibility index (Phi) is 7.00. The van der Waals surface area contributed by atoms with Crippen LogP contribution in [-0.2, 0) is 17.8 Å². The summed E-state index contributed by atoms with van der Waals surface area (Å²) >= 11 is 12.3. The maximum Gasteiger partial charge on any atom is 0.0860 e. The van der Waals surface area contributed by atoms with Gasteiger partial charge in [-0.3, -0.25) is 4.68 Å². The standard InChI is InChI=1S/C12H21Cl2N3O/c1-4-17-11(12(14)9(2)16-17)7-15-6-5-10(13)8-18-3/h10,15H,4-8H2,1-3H3. The van der Waals surface area contributed by atoms with E-state index in [1.165, 1.54) is 0 Å². The van der Waals surface area contributed by atoms with E-state index in [0.29, 0.717) is 13.2 Å². The van der Waals surface area contributed by atoms with Gasteiger partial charge in [0.2, 0.25) is 0 Å². The minimum atomic E-state index is 0.0517. The summed E-state index contributed by atoms with van der Waals surface area (Å²) in [5.41, 5.74) is 1.92. The fourth-order valence-corrected chi connectivity index (χ4v) is 2.20. The molecule has 0 fully saturated rings. The molecule has 4 nitrogen and oxygen atoms in total. The van der Waals surface area contributed by atoms with Crippen LogP contribution in [0.5, 0.6) is 0 Å². The number of hydrogen-bond acceptors (Lipinski definition) is 3. The summed E-state index contributed by atoms with van der Waals surface area (Å²) in [6, 6.07) is 0. The molecule has 1 aromatic heterocycles. The van der Waals surface area contributed by atoms with Crippen LogP contribution in [0, 0.1) is 6.92 Å². The zero-order valence-corrected chi connectivity index (χ0v) is 12.7. The largest absolute Gasteiger partial charge is 0.383 e. The second-order valence-electron chi connectivity index (χ2n) is 4.18.